The molecule has 2 N–H and O–H groups in total. The number of nitrogens with one attached hydrogen (secondary N) is 1. The Morgan fingerprint density at radius 1 is 1.15 bits per heavy atom. The molecular weight excluding hydrogens is 529 g/mol. The monoisotopic (exact) mass is 560 g/mol. The Labute approximate surface area is 229 Å². The van der Waals surface area contributed by atoms with E-state index < -0.39 is 23.1 Å². The highest BCUT2D eigenvalue weighted by molar-refractivity contribution is 8.00. The highest BCUT2D eigenvalue weighted by atomic mass is 32.2. The molecule has 0 amide bonds. The molecule has 7 nitrogen and oxygen atoms in total. The molecule has 1 aliphatic rings. The Hall–Kier alpha value is -3.47. The molecule has 208 valence electrons. The number of hydrogen-bond acceptors (Lipinski definition) is 7. The molecule has 0 saturated carbocycles. The van der Waals surface area contributed by atoms with E-state index >= 15 is 0 Å². The lowest BCUT2D eigenvalue weighted by Crippen LogP contribution is -2.46. The molecule has 0 radical (unpaired) electrons. The molecule has 0 spiro atoms. The number of para-hydroxylation sites is 1. The largest absolute Gasteiger partial charge is 0.493 e. The highest BCUT2D eigenvalue weighted by Gasteiger charge is 2.38. The zero-order chi connectivity index (χ0) is 28.2. The van der Waals surface area contributed by atoms with Crippen LogP contribution in [0, 0.1) is 11.3 Å². The van der Waals surface area contributed by atoms with Gasteiger partial charge in [0.25, 0.3) is 0 Å². The molecule has 2 aromatic heterocycles. The van der Waals surface area contributed by atoms with Crippen molar-refractivity contribution in [2.45, 2.75) is 44.8 Å². The van der Waals surface area contributed by atoms with E-state index in [-0.39, 0.29) is 23.0 Å². The average molecular weight is 561 g/mol. The summed E-state index contributed by atoms with van der Waals surface area (Å²) in [5.74, 6) is 0.568. The van der Waals surface area contributed by atoms with Crippen molar-refractivity contribution in [2.24, 2.45) is 11.3 Å². The zero-order valence-electron chi connectivity index (χ0n) is 22.0. The van der Waals surface area contributed by atoms with Crippen molar-refractivity contribution in [2.75, 3.05) is 29.3 Å². The van der Waals surface area contributed by atoms with Crippen LogP contribution in [0.15, 0.2) is 59.6 Å². The van der Waals surface area contributed by atoms with Gasteiger partial charge in [0.2, 0.25) is 0 Å². The number of carboxylic acids is 1. The third kappa shape index (κ3) is 6.95. The van der Waals surface area contributed by atoms with E-state index in [2.05, 4.69) is 14.7 Å². The van der Waals surface area contributed by atoms with Crippen molar-refractivity contribution in [3.8, 4) is 17.0 Å². The van der Waals surface area contributed by atoms with Gasteiger partial charge in [0.05, 0.1) is 23.3 Å². The van der Waals surface area contributed by atoms with E-state index in [1.54, 1.807) is 37.3 Å². The molecule has 1 saturated heterocycles. The first kappa shape index (κ1) is 28.5. The van der Waals surface area contributed by atoms with Gasteiger partial charge < -0.3 is 19.5 Å². The maximum Gasteiger partial charge on any atom is 0.418 e. The minimum Gasteiger partial charge on any atom is -0.493 e. The molecule has 0 unspecified atom stereocenters. The van der Waals surface area contributed by atoms with Crippen molar-refractivity contribution in [1.82, 2.24) is 9.97 Å². The number of alkyl halides is 3. The number of anilines is 2. The quantitative estimate of drug-likeness (QED) is 0.270. The normalized spacial score (nSPS) is 17.8. The van der Waals surface area contributed by atoms with Crippen LogP contribution in [0.2, 0.25) is 0 Å². The lowest BCUT2D eigenvalue weighted by Gasteiger charge is -2.38. The molecule has 11 heteroatoms. The molecule has 0 bridgehead atoms. The van der Waals surface area contributed by atoms with Gasteiger partial charge in [0, 0.05) is 30.6 Å². The first-order valence-corrected chi connectivity index (χ1v) is 13.5. The van der Waals surface area contributed by atoms with Gasteiger partial charge in [-0.2, -0.15) is 13.2 Å². The Kier molecular flexibility index (Phi) is 8.58. The number of carboxylic acid groups (broad SMARTS) is 1. The third-order valence-electron chi connectivity index (χ3n) is 6.42. The molecule has 3 heterocycles. The summed E-state index contributed by atoms with van der Waals surface area (Å²) >= 11 is 1.11. The third-order valence-corrected chi connectivity index (χ3v) is 7.17. The van der Waals surface area contributed by atoms with Crippen molar-refractivity contribution in [3.05, 3.63) is 60.2 Å². The average Bonchev–Trinajstić information content (AvgIpc) is 2.90. The van der Waals surface area contributed by atoms with Crippen LogP contribution >= 0.6 is 11.9 Å². The van der Waals surface area contributed by atoms with Crippen molar-refractivity contribution < 1.29 is 27.8 Å². The van der Waals surface area contributed by atoms with E-state index in [4.69, 9.17) is 4.74 Å². The molecule has 39 heavy (non-hydrogen) atoms. The second kappa shape index (κ2) is 11.7. The Morgan fingerprint density at radius 2 is 1.92 bits per heavy atom. The molecule has 3 aromatic rings. The molecule has 4 rings (SSSR count). The second-order valence-electron chi connectivity index (χ2n) is 10.2. The summed E-state index contributed by atoms with van der Waals surface area (Å²) in [6, 6.07) is 14.3. The number of aromatic nitrogens is 2. The fourth-order valence-electron chi connectivity index (χ4n) is 4.35. The van der Waals surface area contributed by atoms with Crippen molar-refractivity contribution in [3.63, 3.8) is 0 Å². The van der Waals surface area contributed by atoms with Crippen LogP contribution in [-0.4, -0.2) is 40.7 Å². The van der Waals surface area contributed by atoms with E-state index in [1.807, 2.05) is 30.9 Å². The van der Waals surface area contributed by atoms with Gasteiger partial charge in [-0.3, -0.25) is 4.79 Å². The molecule has 1 fully saturated rings. The van der Waals surface area contributed by atoms with Gasteiger partial charge in [-0.05, 0) is 62.1 Å². The van der Waals surface area contributed by atoms with Gasteiger partial charge in [0.15, 0.2) is 0 Å². The van der Waals surface area contributed by atoms with Gasteiger partial charge in [-0.15, -0.1) is 0 Å². The van der Waals surface area contributed by atoms with Crippen molar-refractivity contribution >= 4 is 29.6 Å². The number of rotatable bonds is 9. The van der Waals surface area contributed by atoms with Crippen LogP contribution in [-0.2, 0) is 11.0 Å². The zero-order valence-corrected chi connectivity index (χ0v) is 22.8. The van der Waals surface area contributed by atoms with Crippen LogP contribution in [0.25, 0.3) is 11.3 Å². The van der Waals surface area contributed by atoms with Crippen LogP contribution in [0.1, 0.15) is 39.2 Å². The number of hydrogen-bond donors (Lipinski definition) is 2. The minimum atomic E-state index is -4.60. The lowest BCUT2D eigenvalue weighted by atomic mass is 9.82. The molecule has 1 aliphatic heterocycles. The summed E-state index contributed by atoms with van der Waals surface area (Å²) in [6.45, 7) is 7.06. The Morgan fingerprint density at radius 3 is 2.64 bits per heavy atom. The molecule has 1 aromatic carbocycles. The fraction of sp³-hybridized carbons (Fsp3) is 0.393. The molecular formula is C28H31F3N4O3S. The smallest absolute Gasteiger partial charge is 0.418 e. The summed E-state index contributed by atoms with van der Waals surface area (Å²) in [7, 11) is 0. The molecule has 1 atom stereocenters. The topological polar surface area (TPSA) is 87.6 Å². The first-order valence-electron chi connectivity index (χ1n) is 12.6. The fourth-order valence-corrected chi connectivity index (χ4v) is 4.95. The summed E-state index contributed by atoms with van der Waals surface area (Å²) in [5, 5.41) is 10.2. The number of aliphatic carboxylic acids is 1. The number of nitrogens with zero attached hydrogens (tertiary/aromatic N) is 3. The summed E-state index contributed by atoms with van der Waals surface area (Å²) in [4.78, 5) is 22.6. The number of piperidine rings is 1. The standard InChI is InChI=1S/C28H31F3N4O3S/c1-18(2)16-38-21-9-5-4-8-19(21)25-20(28(29,30)31)12-13-22(32-25)34-39-24-11-6-10-23(33-24)35-15-7-14-27(3,17-35)26(36)37/h4-6,8-13,18H,7,14-17H2,1-3H3,(H,32,34)(H,36,37)/t27-/m1/s1. The van der Waals surface area contributed by atoms with Gasteiger partial charge >= 0.3 is 12.1 Å². The van der Waals surface area contributed by atoms with Crippen molar-refractivity contribution in [1.29, 1.82) is 0 Å². The Bertz CT molecular complexity index is 1320. The van der Waals surface area contributed by atoms with Crippen LogP contribution in [0.3, 0.4) is 0 Å². The maximum atomic E-state index is 13.9. The lowest BCUT2D eigenvalue weighted by molar-refractivity contribution is -0.148. The van der Waals surface area contributed by atoms with Crippen LogP contribution < -0.4 is 14.4 Å². The number of ether oxygens (including phenoxy) is 1. The first-order chi connectivity index (χ1) is 18.5. The number of pyridine rings is 2. The minimum absolute atomic E-state index is 0.198. The van der Waals surface area contributed by atoms with E-state index in [1.165, 1.54) is 6.07 Å². The highest BCUT2D eigenvalue weighted by Crippen LogP contribution is 2.40. The van der Waals surface area contributed by atoms with Gasteiger partial charge in [-0.1, -0.05) is 32.0 Å². The van der Waals surface area contributed by atoms with E-state index in [0.717, 1.165) is 24.4 Å². The molecule has 0 aliphatic carbocycles. The number of benzene rings is 1. The van der Waals surface area contributed by atoms with Crippen LogP contribution in [0.5, 0.6) is 5.75 Å². The predicted octanol–water partition coefficient (Wildman–Crippen LogP) is 7.01. The number of carbonyl (C=O) groups is 1. The summed E-state index contributed by atoms with van der Waals surface area (Å²) < 4.78 is 50.6. The van der Waals surface area contributed by atoms with Gasteiger partial charge in [0.1, 0.15) is 22.4 Å². The second-order valence-corrected chi connectivity index (χ2v) is 11.0. The van der Waals surface area contributed by atoms with E-state index in [9.17, 15) is 23.1 Å². The summed E-state index contributed by atoms with van der Waals surface area (Å²) in [6.07, 6.45) is -3.27. The SMILES string of the molecule is CC(C)COc1ccccc1-c1nc(NSc2cccc(N3CCC[C@@](C)(C(=O)O)C3)n2)ccc1C(F)(F)F. The maximum absolute atomic E-state index is 13.9. The predicted molar refractivity (Wildman–Crippen MR) is 146 cm³/mol. The Balaban J connectivity index is 1.57. The van der Waals surface area contributed by atoms with Gasteiger partial charge in [-0.25, -0.2) is 9.97 Å². The van der Waals surface area contributed by atoms with Crippen LogP contribution in [0.4, 0.5) is 24.8 Å². The number of halogens is 3. The summed E-state index contributed by atoms with van der Waals surface area (Å²) in [5.41, 5.74) is -1.68. The van der Waals surface area contributed by atoms with E-state index in [0.29, 0.717) is 42.7 Å².